The van der Waals surface area contributed by atoms with E-state index in [0.29, 0.717) is 25.6 Å². The van der Waals surface area contributed by atoms with Crippen LogP contribution in [0, 0.1) is 5.92 Å². The molecule has 0 N–H and O–H groups in total. The summed E-state index contributed by atoms with van der Waals surface area (Å²) in [6.07, 6.45) is 2.76. The van der Waals surface area contributed by atoms with E-state index in [2.05, 4.69) is 22.0 Å². The van der Waals surface area contributed by atoms with Crippen LogP contribution in [0.25, 0.3) is 0 Å². The van der Waals surface area contributed by atoms with Crippen molar-refractivity contribution in [2.75, 3.05) is 33.4 Å². The molecule has 2 fully saturated rings. The molecule has 2 aromatic rings. The van der Waals surface area contributed by atoms with Gasteiger partial charge in [-0.1, -0.05) is 36.4 Å². The van der Waals surface area contributed by atoms with Crippen molar-refractivity contribution in [1.82, 2.24) is 14.8 Å². The van der Waals surface area contributed by atoms with E-state index in [1.54, 1.807) is 7.11 Å². The standard InChI is InChI=1S/C22H27N3O3/c1-27-21-8-7-18(13-23-21)14-24-10-9-20-19(16-24)22(26)25(11-12-28-20)15-17-5-3-2-4-6-17/h2-8,13,19-20H,9-12,14-16H2,1H3. The number of benzene rings is 1. The molecule has 0 spiro atoms. The Morgan fingerprint density at radius 1 is 1.11 bits per heavy atom. The maximum absolute atomic E-state index is 13.3. The molecule has 0 saturated carbocycles. The average molecular weight is 381 g/mol. The summed E-state index contributed by atoms with van der Waals surface area (Å²) in [5.41, 5.74) is 2.29. The second kappa shape index (κ2) is 8.71. The summed E-state index contributed by atoms with van der Waals surface area (Å²) in [4.78, 5) is 21.8. The molecule has 1 aromatic carbocycles. The Hall–Kier alpha value is -2.44. The van der Waals surface area contributed by atoms with Crippen LogP contribution >= 0.6 is 0 Å². The molecule has 2 aliphatic heterocycles. The van der Waals surface area contributed by atoms with E-state index < -0.39 is 0 Å². The molecule has 0 radical (unpaired) electrons. The van der Waals surface area contributed by atoms with Crippen LogP contribution in [0.4, 0.5) is 0 Å². The highest BCUT2D eigenvalue weighted by atomic mass is 16.5. The molecule has 3 heterocycles. The monoisotopic (exact) mass is 381 g/mol. The fourth-order valence-corrected chi connectivity index (χ4v) is 4.08. The maximum atomic E-state index is 13.3. The van der Waals surface area contributed by atoms with Crippen LogP contribution in [0.1, 0.15) is 17.5 Å². The van der Waals surface area contributed by atoms with Crippen LogP contribution in [0.3, 0.4) is 0 Å². The van der Waals surface area contributed by atoms with Gasteiger partial charge in [0.15, 0.2) is 0 Å². The minimum Gasteiger partial charge on any atom is -0.481 e. The second-order valence-corrected chi connectivity index (χ2v) is 7.49. The van der Waals surface area contributed by atoms with Crippen LogP contribution in [0.5, 0.6) is 5.88 Å². The SMILES string of the molecule is COc1ccc(CN2CCC3OCCN(Cc4ccccc4)C(=O)C3C2)cn1. The summed E-state index contributed by atoms with van der Waals surface area (Å²) in [7, 11) is 1.62. The van der Waals surface area contributed by atoms with Crippen molar-refractivity contribution < 1.29 is 14.3 Å². The van der Waals surface area contributed by atoms with Crippen molar-refractivity contribution in [3.05, 3.63) is 59.8 Å². The minimum atomic E-state index is -0.105. The first-order valence-electron chi connectivity index (χ1n) is 9.88. The number of carbonyl (C=O) groups is 1. The van der Waals surface area contributed by atoms with E-state index in [9.17, 15) is 4.79 Å². The summed E-state index contributed by atoms with van der Waals surface area (Å²) in [6.45, 7) is 4.35. The van der Waals surface area contributed by atoms with E-state index in [-0.39, 0.29) is 17.9 Å². The molecule has 28 heavy (non-hydrogen) atoms. The van der Waals surface area contributed by atoms with E-state index in [1.807, 2.05) is 41.4 Å². The number of aromatic nitrogens is 1. The molecule has 2 unspecified atom stereocenters. The fourth-order valence-electron chi connectivity index (χ4n) is 4.08. The maximum Gasteiger partial charge on any atom is 0.229 e. The van der Waals surface area contributed by atoms with Gasteiger partial charge < -0.3 is 14.4 Å². The van der Waals surface area contributed by atoms with E-state index in [1.165, 1.54) is 0 Å². The molecule has 1 amide bonds. The summed E-state index contributed by atoms with van der Waals surface area (Å²) in [6, 6.07) is 14.1. The average Bonchev–Trinajstić information content (AvgIpc) is 2.89. The Labute approximate surface area is 166 Å². The minimum absolute atomic E-state index is 0.0264. The Morgan fingerprint density at radius 3 is 2.71 bits per heavy atom. The highest BCUT2D eigenvalue weighted by Gasteiger charge is 2.39. The first-order valence-corrected chi connectivity index (χ1v) is 9.88. The lowest BCUT2D eigenvalue weighted by Crippen LogP contribution is -2.49. The molecule has 4 rings (SSSR count). The van der Waals surface area contributed by atoms with Crippen molar-refractivity contribution in [2.45, 2.75) is 25.6 Å². The van der Waals surface area contributed by atoms with Gasteiger partial charge in [-0.2, -0.15) is 0 Å². The van der Waals surface area contributed by atoms with Crippen molar-refractivity contribution >= 4 is 5.91 Å². The third-order valence-corrected chi connectivity index (χ3v) is 5.58. The first-order chi connectivity index (χ1) is 13.7. The summed E-state index contributed by atoms with van der Waals surface area (Å²) in [5.74, 6) is 0.724. The Bertz CT molecular complexity index is 781. The Balaban J connectivity index is 1.42. The van der Waals surface area contributed by atoms with Crippen LogP contribution in [0.2, 0.25) is 0 Å². The first kappa shape index (κ1) is 18.9. The highest BCUT2D eigenvalue weighted by Crippen LogP contribution is 2.26. The van der Waals surface area contributed by atoms with Gasteiger partial charge in [0.05, 0.1) is 25.7 Å². The van der Waals surface area contributed by atoms with Gasteiger partial charge in [-0.15, -0.1) is 0 Å². The zero-order chi connectivity index (χ0) is 19.3. The van der Waals surface area contributed by atoms with Crippen LogP contribution in [-0.2, 0) is 22.6 Å². The zero-order valence-electron chi connectivity index (χ0n) is 16.3. The number of pyridine rings is 1. The number of amides is 1. The predicted octanol–water partition coefficient (Wildman–Crippen LogP) is 2.34. The topological polar surface area (TPSA) is 54.9 Å². The van der Waals surface area contributed by atoms with Crippen molar-refractivity contribution in [1.29, 1.82) is 0 Å². The molecule has 0 aliphatic carbocycles. The van der Waals surface area contributed by atoms with E-state index in [0.717, 1.165) is 37.2 Å². The van der Waals surface area contributed by atoms with Crippen molar-refractivity contribution in [2.24, 2.45) is 5.92 Å². The lowest BCUT2D eigenvalue weighted by molar-refractivity contribution is -0.140. The Kier molecular flexibility index (Phi) is 5.88. The number of likely N-dealkylation sites (tertiary alicyclic amines) is 1. The molecule has 2 saturated heterocycles. The molecule has 1 aromatic heterocycles. The van der Waals surface area contributed by atoms with Gasteiger partial charge in [0, 0.05) is 45.0 Å². The van der Waals surface area contributed by atoms with Gasteiger partial charge >= 0.3 is 0 Å². The lowest BCUT2D eigenvalue weighted by atomic mass is 9.93. The molecular formula is C22H27N3O3. The third-order valence-electron chi connectivity index (χ3n) is 5.58. The zero-order valence-corrected chi connectivity index (χ0v) is 16.3. The molecule has 0 bridgehead atoms. The number of nitrogens with zero attached hydrogens (tertiary/aromatic N) is 3. The van der Waals surface area contributed by atoms with E-state index >= 15 is 0 Å². The number of fused-ring (bicyclic) bond motifs is 1. The molecule has 2 atom stereocenters. The molecule has 2 aliphatic rings. The molecule has 6 nitrogen and oxygen atoms in total. The number of methoxy groups -OCH3 is 1. The van der Waals surface area contributed by atoms with E-state index in [4.69, 9.17) is 9.47 Å². The largest absolute Gasteiger partial charge is 0.481 e. The predicted molar refractivity (Wildman–Crippen MR) is 106 cm³/mol. The second-order valence-electron chi connectivity index (χ2n) is 7.49. The summed E-state index contributed by atoms with van der Waals surface area (Å²) < 4.78 is 11.2. The quantitative estimate of drug-likeness (QED) is 0.796. The Morgan fingerprint density at radius 2 is 1.96 bits per heavy atom. The molecule has 6 heteroatoms. The van der Waals surface area contributed by atoms with Gasteiger partial charge in [0.1, 0.15) is 0 Å². The fraction of sp³-hybridized carbons (Fsp3) is 0.455. The van der Waals surface area contributed by atoms with Crippen molar-refractivity contribution in [3.8, 4) is 5.88 Å². The van der Waals surface area contributed by atoms with Gasteiger partial charge in [-0.3, -0.25) is 9.69 Å². The van der Waals surface area contributed by atoms with Crippen molar-refractivity contribution in [3.63, 3.8) is 0 Å². The number of carbonyl (C=O) groups excluding carboxylic acids is 1. The van der Waals surface area contributed by atoms with Gasteiger partial charge in [0.25, 0.3) is 0 Å². The van der Waals surface area contributed by atoms with Crippen LogP contribution in [-0.4, -0.2) is 60.1 Å². The number of piperidine rings is 1. The van der Waals surface area contributed by atoms with Gasteiger partial charge in [-0.25, -0.2) is 4.98 Å². The van der Waals surface area contributed by atoms with Gasteiger partial charge in [0.2, 0.25) is 11.8 Å². The smallest absolute Gasteiger partial charge is 0.229 e. The number of ether oxygens (including phenoxy) is 2. The molecule has 148 valence electrons. The van der Waals surface area contributed by atoms with Crippen LogP contribution < -0.4 is 4.74 Å². The normalized spacial score (nSPS) is 23.2. The van der Waals surface area contributed by atoms with Crippen LogP contribution in [0.15, 0.2) is 48.7 Å². The lowest BCUT2D eigenvalue weighted by Gasteiger charge is -2.37. The number of hydrogen-bond donors (Lipinski definition) is 0. The number of hydrogen-bond acceptors (Lipinski definition) is 5. The highest BCUT2D eigenvalue weighted by molar-refractivity contribution is 5.80. The van der Waals surface area contributed by atoms with Gasteiger partial charge in [-0.05, 0) is 17.5 Å². The summed E-state index contributed by atoms with van der Waals surface area (Å²) >= 11 is 0. The molecular weight excluding hydrogens is 354 g/mol. The number of rotatable bonds is 5. The third kappa shape index (κ3) is 4.34. The summed E-state index contributed by atoms with van der Waals surface area (Å²) in [5, 5.41) is 0.